The van der Waals surface area contributed by atoms with Crippen LogP contribution in [0.3, 0.4) is 0 Å². The van der Waals surface area contributed by atoms with E-state index in [1.54, 1.807) is 11.3 Å². The topological polar surface area (TPSA) is 99.7 Å². The van der Waals surface area contributed by atoms with Gasteiger partial charge in [-0.2, -0.15) is 0 Å². The van der Waals surface area contributed by atoms with Crippen molar-refractivity contribution in [2.24, 2.45) is 11.8 Å². The van der Waals surface area contributed by atoms with E-state index in [1.807, 2.05) is 25.2 Å². The molecule has 6 aromatic rings. The molecule has 2 fully saturated rings. The van der Waals surface area contributed by atoms with Crippen LogP contribution in [0.1, 0.15) is 75.8 Å². The number of thiophene rings is 2. The fraction of sp³-hybridized carbons (Fsp3) is 0.435. The Bertz CT molecular complexity index is 2570. The number of hydrogen-bond acceptors (Lipinski definition) is 9. The lowest BCUT2D eigenvalue weighted by Crippen LogP contribution is -2.35. The van der Waals surface area contributed by atoms with Gasteiger partial charge in [-0.1, -0.05) is 31.9 Å². The number of aryl methyl sites for hydroxylation is 8. The molecule has 0 spiro atoms. The fourth-order valence-electron chi connectivity index (χ4n) is 9.04. The van der Waals surface area contributed by atoms with Crippen LogP contribution < -0.4 is 9.80 Å². The van der Waals surface area contributed by atoms with Crippen molar-refractivity contribution < 1.29 is 9.90 Å². The zero-order valence-electron chi connectivity index (χ0n) is 35.1. The minimum atomic E-state index is -0.701. The average Bonchev–Trinajstić information content (AvgIpc) is 3.66. The summed E-state index contributed by atoms with van der Waals surface area (Å²) >= 11 is 10.8. The van der Waals surface area contributed by atoms with Crippen molar-refractivity contribution >= 4 is 92.6 Å². The van der Waals surface area contributed by atoms with Gasteiger partial charge in [0.05, 0.1) is 20.4 Å². The number of nitrogens with zero attached hydrogens (tertiary/aromatic N) is 7. The molecule has 13 heteroatoms. The Balaban J connectivity index is 0.000000179. The number of aromatic nitrogens is 4. The van der Waals surface area contributed by atoms with Crippen molar-refractivity contribution in [1.29, 1.82) is 0 Å². The van der Waals surface area contributed by atoms with Crippen molar-refractivity contribution in [2.45, 2.75) is 87.5 Å². The highest BCUT2D eigenvalue weighted by atomic mass is 79.9. The summed E-state index contributed by atoms with van der Waals surface area (Å²) in [6, 6.07) is 8.69. The molecule has 0 saturated carbocycles. The number of anilines is 2. The number of carboxylic acid groups (broad SMARTS) is 1. The number of hydrogen-bond donors (Lipinski definition) is 1. The summed E-state index contributed by atoms with van der Waals surface area (Å²) in [5.41, 5.74) is 12.1. The number of halogens is 2. The molecular weight excluding hydrogens is 906 g/mol. The van der Waals surface area contributed by atoms with Gasteiger partial charge in [-0.05, 0) is 145 Å². The minimum absolute atomic E-state index is 0.255. The maximum atomic E-state index is 11.1. The van der Waals surface area contributed by atoms with Gasteiger partial charge in [-0.25, -0.2) is 26.5 Å². The van der Waals surface area contributed by atoms with Crippen molar-refractivity contribution in [2.75, 3.05) is 42.5 Å². The van der Waals surface area contributed by atoms with E-state index in [1.165, 1.54) is 59.0 Å². The van der Waals surface area contributed by atoms with Crippen molar-refractivity contribution in [3.05, 3.63) is 88.3 Å². The molecule has 8 rings (SSSR count). The summed E-state index contributed by atoms with van der Waals surface area (Å²) < 4.78 is 4.52. The molecular formula is C46H51Br2N7O2S2. The molecule has 2 aliphatic rings. The lowest BCUT2D eigenvalue weighted by Gasteiger charge is -2.32. The molecule has 0 radical (unpaired) electrons. The molecule has 4 aromatic heterocycles. The van der Waals surface area contributed by atoms with Gasteiger partial charge >= 0.3 is 5.97 Å². The van der Waals surface area contributed by atoms with E-state index in [0.29, 0.717) is 12.5 Å². The van der Waals surface area contributed by atoms with Gasteiger partial charge < -0.3 is 19.8 Å². The third kappa shape index (κ3) is 9.07. The Hall–Kier alpha value is -3.96. The predicted molar refractivity (Wildman–Crippen MR) is 253 cm³/mol. The summed E-state index contributed by atoms with van der Waals surface area (Å²) in [7, 11) is 0. The molecule has 2 aromatic carbocycles. The van der Waals surface area contributed by atoms with Crippen LogP contribution in [-0.4, -0.2) is 63.7 Å². The van der Waals surface area contributed by atoms with Crippen molar-refractivity contribution in [3.8, 4) is 22.3 Å². The zero-order chi connectivity index (χ0) is 42.3. The predicted octanol–water partition coefficient (Wildman–Crippen LogP) is 12.5. The van der Waals surface area contributed by atoms with Crippen LogP contribution in [-0.2, 0) is 4.79 Å². The number of fused-ring (bicyclic) bond motifs is 2. The van der Waals surface area contributed by atoms with E-state index in [4.69, 9.17) is 31.6 Å². The van der Waals surface area contributed by atoms with Crippen LogP contribution in [0.25, 0.3) is 47.5 Å². The number of rotatable bonds is 7. The van der Waals surface area contributed by atoms with E-state index in [0.717, 1.165) is 99.8 Å². The molecule has 9 nitrogen and oxygen atoms in total. The number of carboxylic acids is 1. The van der Waals surface area contributed by atoms with Gasteiger partial charge in [0, 0.05) is 68.3 Å². The Labute approximate surface area is 372 Å². The standard InChI is InChI=1S/C23H25BrN4S.C23H26BrN3O2S/c1-13-10-18(24)11-14(2)19(13)20-15(3)29-22-21(20)26-16(4)27-23(22)28-8-6-17(7-9-28)12-25-5;1-12-9-17(24)10-13(2)19(12)20-14(3)30-22-21(20)25-15(4)26-23(22)27-7-5-16(6-8-27)11-18(28)29/h10-11,17H,6-9,12H2,1-4H3;9-10,16H,5-8,11H2,1-4H3,(H,28,29). The first kappa shape index (κ1) is 43.1. The maximum absolute atomic E-state index is 11.1. The van der Waals surface area contributed by atoms with Gasteiger partial charge in [-0.3, -0.25) is 4.79 Å². The second kappa shape index (κ2) is 17.9. The molecule has 0 bridgehead atoms. The largest absolute Gasteiger partial charge is 0.481 e. The van der Waals surface area contributed by atoms with Gasteiger partial charge in [0.15, 0.2) is 0 Å². The highest BCUT2D eigenvalue weighted by Crippen LogP contribution is 2.46. The van der Waals surface area contributed by atoms with E-state index >= 15 is 0 Å². The first-order valence-electron chi connectivity index (χ1n) is 20.3. The van der Waals surface area contributed by atoms with E-state index in [-0.39, 0.29) is 12.3 Å². The van der Waals surface area contributed by atoms with Crippen LogP contribution in [0, 0.1) is 73.8 Å². The first-order valence-corrected chi connectivity index (χ1v) is 23.5. The Morgan fingerprint density at radius 1 is 0.661 bits per heavy atom. The molecule has 1 N–H and O–H groups in total. The molecule has 0 aliphatic carbocycles. The molecule has 308 valence electrons. The molecule has 2 saturated heterocycles. The number of carbonyl (C=O) groups is 1. The molecule has 0 atom stereocenters. The van der Waals surface area contributed by atoms with Crippen LogP contribution >= 0.6 is 54.5 Å². The molecule has 6 heterocycles. The van der Waals surface area contributed by atoms with Crippen molar-refractivity contribution in [3.63, 3.8) is 0 Å². The lowest BCUT2D eigenvalue weighted by molar-refractivity contribution is -0.138. The summed E-state index contributed by atoms with van der Waals surface area (Å²) in [5.74, 6) is 3.74. The molecule has 0 amide bonds. The van der Waals surface area contributed by atoms with Gasteiger partial charge in [-0.15, -0.1) is 22.7 Å². The maximum Gasteiger partial charge on any atom is 0.303 e. The minimum Gasteiger partial charge on any atom is -0.481 e. The number of piperidine rings is 2. The van der Waals surface area contributed by atoms with Crippen molar-refractivity contribution in [1.82, 2.24) is 19.9 Å². The smallest absolute Gasteiger partial charge is 0.303 e. The average molecular weight is 958 g/mol. The molecule has 0 unspecified atom stereocenters. The molecule has 2 aliphatic heterocycles. The van der Waals surface area contributed by atoms with Gasteiger partial charge in [0.1, 0.15) is 23.3 Å². The van der Waals surface area contributed by atoms with Crippen LogP contribution in [0.5, 0.6) is 0 Å². The highest BCUT2D eigenvalue weighted by Gasteiger charge is 2.28. The van der Waals surface area contributed by atoms with Crippen LogP contribution in [0.15, 0.2) is 33.2 Å². The number of benzene rings is 2. The Kier molecular flexibility index (Phi) is 13.1. The van der Waals surface area contributed by atoms with E-state index in [9.17, 15) is 4.79 Å². The Morgan fingerprint density at radius 2 is 1.03 bits per heavy atom. The first-order chi connectivity index (χ1) is 28.1. The van der Waals surface area contributed by atoms with Crippen LogP contribution in [0.4, 0.5) is 11.6 Å². The second-order valence-electron chi connectivity index (χ2n) is 16.2. The van der Waals surface area contributed by atoms with E-state index < -0.39 is 5.97 Å². The summed E-state index contributed by atoms with van der Waals surface area (Å²) in [5, 5.41) is 9.09. The second-order valence-corrected chi connectivity index (χ2v) is 20.5. The summed E-state index contributed by atoms with van der Waals surface area (Å²) in [6.45, 7) is 28.4. The Morgan fingerprint density at radius 3 is 1.39 bits per heavy atom. The monoisotopic (exact) mass is 955 g/mol. The SMILES string of the molecule is Cc1nc(N2CCC(CC(=O)O)CC2)c2sc(C)c(-c3c(C)cc(Br)cc3C)c2n1.[C-]#[N+]CC1CCN(c2nc(C)nc3c(-c4c(C)cc(Br)cc4C)c(C)sc23)CC1. The molecule has 59 heavy (non-hydrogen) atoms. The van der Waals surface area contributed by atoms with Gasteiger partial charge in [0.25, 0.3) is 0 Å². The lowest BCUT2D eigenvalue weighted by atomic mass is 9.93. The number of aliphatic carboxylic acids is 1. The van der Waals surface area contributed by atoms with E-state index in [2.05, 4.69) is 112 Å². The normalized spacial score (nSPS) is 15.1. The highest BCUT2D eigenvalue weighted by molar-refractivity contribution is 9.10. The fourth-order valence-corrected chi connectivity index (χ4v) is 12.7. The van der Waals surface area contributed by atoms with Crippen LogP contribution in [0.2, 0.25) is 0 Å². The third-order valence-corrected chi connectivity index (χ3v) is 14.8. The summed E-state index contributed by atoms with van der Waals surface area (Å²) in [6.07, 6.45) is 4.17. The summed E-state index contributed by atoms with van der Waals surface area (Å²) in [4.78, 5) is 41.4. The van der Waals surface area contributed by atoms with Gasteiger partial charge in [0.2, 0.25) is 6.54 Å². The quantitative estimate of drug-likeness (QED) is 0.158. The third-order valence-electron chi connectivity index (χ3n) is 11.7. The zero-order valence-corrected chi connectivity index (χ0v) is 39.9.